The lowest BCUT2D eigenvalue weighted by Gasteiger charge is -2.27. The molecule has 0 atom stereocenters. The molecule has 1 aliphatic rings. The van der Waals surface area contributed by atoms with Crippen molar-refractivity contribution in [2.45, 2.75) is 6.92 Å². The average Bonchev–Trinajstić information content (AvgIpc) is 2.72. The summed E-state index contributed by atoms with van der Waals surface area (Å²) in [6.07, 6.45) is 0. The van der Waals surface area contributed by atoms with E-state index in [1.54, 1.807) is 4.90 Å². The molecule has 3 rings (SSSR count). The average molecular weight is 429 g/mol. The van der Waals surface area contributed by atoms with Crippen LogP contribution in [0, 0.1) is 21.7 Å². The van der Waals surface area contributed by atoms with Crippen molar-refractivity contribution in [1.82, 2.24) is 9.97 Å². The third-order valence-corrected chi connectivity index (χ3v) is 4.45. The Hall–Kier alpha value is -2.92. The molecular weight excluding hydrogens is 414 g/mol. The number of nitrogens with zero attached hydrogens (tertiary/aromatic N) is 4. The van der Waals surface area contributed by atoms with E-state index in [0.717, 1.165) is 12.1 Å². The molecule has 0 amide bonds. The van der Waals surface area contributed by atoms with Crippen molar-refractivity contribution in [3.63, 3.8) is 0 Å². The second-order valence-electron chi connectivity index (χ2n) is 5.87. The molecule has 9 nitrogen and oxygen atoms in total. The highest BCUT2D eigenvalue weighted by molar-refractivity contribution is 6.31. The molecule has 1 aromatic carbocycles. The molecule has 0 radical (unpaired) electrons. The zero-order valence-electron chi connectivity index (χ0n) is 15.2. The van der Waals surface area contributed by atoms with Gasteiger partial charge in [0.25, 0.3) is 0 Å². The number of carbonyl (C=O) groups is 1. The first kappa shape index (κ1) is 20.8. The van der Waals surface area contributed by atoms with Gasteiger partial charge >= 0.3 is 11.7 Å². The molecule has 0 unspecified atom stereocenters. The van der Waals surface area contributed by atoms with Crippen molar-refractivity contribution in [2.75, 3.05) is 37.8 Å². The van der Waals surface area contributed by atoms with Gasteiger partial charge in [-0.15, -0.1) is 0 Å². The van der Waals surface area contributed by atoms with Crippen LogP contribution in [0.4, 0.5) is 20.4 Å². The third-order valence-electron chi connectivity index (χ3n) is 4.11. The van der Waals surface area contributed by atoms with Crippen LogP contribution in [0.1, 0.15) is 17.4 Å². The first-order chi connectivity index (χ1) is 13.8. The van der Waals surface area contributed by atoms with Crippen molar-refractivity contribution < 1.29 is 28.0 Å². The Bertz CT molecular complexity index is 969. The van der Waals surface area contributed by atoms with Crippen molar-refractivity contribution in [2.24, 2.45) is 0 Å². The van der Waals surface area contributed by atoms with Crippen LogP contribution in [0.2, 0.25) is 5.02 Å². The van der Waals surface area contributed by atoms with Gasteiger partial charge in [0.05, 0.1) is 24.7 Å². The maximum absolute atomic E-state index is 14.6. The van der Waals surface area contributed by atoms with Crippen molar-refractivity contribution in [3.8, 4) is 11.3 Å². The number of halogens is 3. The van der Waals surface area contributed by atoms with Crippen molar-refractivity contribution >= 4 is 29.2 Å². The molecule has 29 heavy (non-hydrogen) atoms. The Labute approximate surface area is 168 Å². The Morgan fingerprint density at radius 1 is 1.34 bits per heavy atom. The van der Waals surface area contributed by atoms with Crippen LogP contribution in [0.3, 0.4) is 0 Å². The van der Waals surface area contributed by atoms with Crippen molar-refractivity contribution in [3.05, 3.63) is 44.6 Å². The van der Waals surface area contributed by atoms with Gasteiger partial charge in [-0.05, 0) is 19.1 Å². The first-order valence-electron chi connectivity index (χ1n) is 8.55. The van der Waals surface area contributed by atoms with Gasteiger partial charge in [-0.2, -0.15) is 4.98 Å². The Kier molecular flexibility index (Phi) is 6.18. The minimum atomic E-state index is -1.24. The quantitative estimate of drug-likeness (QED) is 0.309. The van der Waals surface area contributed by atoms with Gasteiger partial charge in [0, 0.05) is 18.7 Å². The Balaban J connectivity index is 2.29. The molecule has 1 aliphatic heterocycles. The first-order valence-corrected chi connectivity index (χ1v) is 8.93. The summed E-state index contributed by atoms with van der Waals surface area (Å²) >= 11 is 5.62. The lowest BCUT2D eigenvalue weighted by molar-refractivity contribution is -0.385. The highest BCUT2D eigenvalue weighted by Crippen LogP contribution is 2.37. The van der Waals surface area contributed by atoms with E-state index < -0.39 is 50.2 Å². The second-order valence-corrected chi connectivity index (χ2v) is 6.25. The fourth-order valence-electron chi connectivity index (χ4n) is 2.76. The van der Waals surface area contributed by atoms with E-state index in [1.807, 2.05) is 0 Å². The molecule has 1 saturated heterocycles. The number of nitro groups is 1. The minimum absolute atomic E-state index is 0.0446. The minimum Gasteiger partial charge on any atom is -0.461 e. The van der Waals surface area contributed by atoms with E-state index in [1.165, 1.54) is 6.92 Å². The molecule has 0 spiro atoms. The highest BCUT2D eigenvalue weighted by atomic mass is 35.5. The summed E-state index contributed by atoms with van der Waals surface area (Å²) in [5, 5.41) is 10.9. The molecule has 1 fully saturated rings. The van der Waals surface area contributed by atoms with Gasteiger partial charge in [0.2, 0.25) is 11.6 Å². The zero-order chi connectivity index (χ0) is 21.1. The van der Waals surface area contributed by atoms with Crippen LogP contribution in [0.15, 0.2) is 12.1 Å². The standard InChI is InChI=1S/C17H15ClF2N4O5/c1-2-29-16(25)14-15(24(26)27)13(9-3-4-10(19)11(18)12(9)20)21-17(22-14)23-5-7-28-8-6-23/h3-4H,2,5-8H2,1H3. The SMILES string of the molecule is CCOC(=O)c1nc(N2CCOCC2)nc(-c2ccc(F)c(Cl)c2F)c1[N+](=O)[O-]. The summed E-state index contributed by atoms with van der Waals surface area (Å²) in [4.78, 5) is 32.9. The maximum Gasteiger partial charge on any atom is 0.364 e. The molecule has 0 bridgehead atoms. The number of benzene rings is 1. The van der Waals surface area contributed by atoms with E-state index in [0.29, 0.717) is 26.3 Å². The number of rotatable bonds is 5. The van der Waals surface area contributed by atoms with Gasteiger partial charge in [-0.3, -0.25) is 10.1 Å². The number of aromatic nitrogens is 2. The van der Waals surface area contributed by atoms with Crippen LogP contribution < -0.4 is 4.90 Å². The molecule has 2 heterocycles. The predicted octanol–water partition coefficient (Wildman–Crippen LogP) is 3.00. The summed E-state index contributed by atoms with van der Waals surface area (Å²) < 4.78 is 38.3. The fourth-order valence-corrected chi connectivity index (χ4v) is 2.92. The van der Waals surface area contributed by atoms with Crippen LogP contribution in [-0.2, 0) is 9.47 Å². The summed E-state index contributed by atoms with van der Waals surface area (Å²) in [6, 6.07) is 1.81. The van der Waals surface area contributed by atoms with Gasteiger partial charge in [-0.25, -0.2) is 18.6 Å². The largest absolute Gasteiger partial charge is 0.461 e. The summed E-state index contributed by atoms with van der Waals surface area (Å²) in [6.45, 7) is 2.87. The Morgan fingerprint density at radius 3 is 2.66 bits per heavy atom. The number of morpholine rings is 1. The van der Waals surface area contributed by atoms with Gasteiger partial charge < -0.3 is 14.4 Å². The molecule has 0 saturated carbocycles. The molecule has 2 aromatic rings. The zero-order valence-corrected chi connectivity index (χ0v) is 15.9. The van der Waals surface area contributed by atoms with Crippen LogP contribution >= 0.6 is 11.6 Å². The van der Waals surface area contributed by atoms with E-state index >= 15 is 0 Å². The molecule has 0 N–H and O–H groups in total. The Morgan fingerprint density at radius 2 is 2.03 bits per heavy atom. The number of hydrogen-bond acceptors (Lipinski definition) is 8. The lowest BCUT2D eigenvalue weighted by Crippen LogP contribution is -2.37. The van der Waals surface area contributed by atoms with E-state index in [2.05, 4.69) is 9.97 Å². The van der Waals surface area contributed by atoms with Crippen LogP contribution in [0.5, 0.6) is 0 Å². The number of esters is 1. The summed E-state index contributed by atoms with van der Waals surface area (Å²) in [5.74, 6) is -3.39. The van der Waals surface area contributed by atoms with E-state index in [-0.39, 0.29) is 12.6 Å². The number of ether oxygens (including phenoxy) is 2. The van der Waals surface area contributed by atoms with Crippen molar-refractivity contribution in [1.29, 1.82) is 0 Å². The summed E-state index contributed by atoms with van der Waals surface area (Å²) in [7, 11) is 0. The predicted molar refractivity (Wildman–Crippen MR) is 98.0 cm³/mol. The van der Waals surface area contributed by atoms with Gasteiger partial charge in [0.1, 0.15) is 10.8 Å². The second kappa shape index (κ2) is 8.62. The molecule has 12 heteroatoms. The molecule has 154 valence electrons. The molecular formula is C17H15ClF2N4O5. The monoisotopic (exact) mass is 428 g/mol. The van der Waals surface area contributed by atoms with Gasteiger partial charge in [0.15, 0.2) is 11.5 Å². The molecule has 0 aliphatic carbocycles. The van der Waals surface area contributed by atoms with E-state index in [4.69, 9.17) is 21.1 Å². The van der Waals surface area contributed by atoms with E-state index in [9.17, 15) is 23.7 Å². The summed E-state index contributed by atoms with van der Waals surface area (Å²) in [5.41, 5.74) is -2.44. The molecule has 1 aromatic heterocycles. The lowest BCUT2D eigenvalue weighted by atomic mass is 10.1. The van der Waals surface area contributed by atoms with Crippen LogP contribution in [-0.4, -0.2) is 53.8 Å². The maximum atomic E-state index is 14.6. The van der Waals surface area contributed by atoms with Gasteiger partial charge in [-0.1, -0.05) is 11.6 Å². The van der Waals surface area contributed by atoms with Crippen LogP contribution in [0.25, 0.3) is 11.3 Å². The fraction of sp³-hybridized carbons (Fsp3) is 0.353. The number of carbonyl (C=O) groups excluding carboxylic acids is 1. The highest BCUT2D eigenvalue weighted by Gasteiger charge is 2.34. The smallest absolute Gasteiger partial charge is 0.364 e. The number of anilines is 1. The topological polar surface area (TPSA) is 108 Å². The third kappa shape index (κ3) is 4.10. The normalized spacial score (nSPS) is 14.0. The number of hydrogen-bond donors (Lipinski definition) is 0.